The molecule has 3 rings (SSSR count). The average Bonchev–Trinajstić information content (AvgIpc) is 2.72. The topological polar surface area (TPSA) is 52.6 Å². The molecule has 0 bridgehead atoms. The Hall–Kier alpha value is -2.88. The smallest absolute Gasteiger partial charge is 0.338 e. The third kappa shape index (κ3) is 4.82. The summed E-state index contributed by atoms with van der Waals surface area (Å²) in [5.41, 5.74) is 1.09. The fraction of sp³-hybridized carbons (Fsp3) is 0.273. The molecule has 0 N–H and O–H groups in total. The zero-order valence-electron chi connectivity index (χ0n) is 14.5. The van der Waals surface area contributed by atoms with Gasteiger partial charge in [-0.3, -0.25) is 0 Å². The summed E-state index contributed by atoms with van der Waals surface area (Å²) in [6.45, 7) is 0.650. The van der Waals surface area contributed by atoms with Crippen LogP contribution in [-0.4, -0.2) is 25.2 Å². The van der Waals surface area contributed by atoms with E-state index in [9.17, 15) is 9.59 Å². The molecular formula is C22H22O4. The van der Waals surface area contributed by atoms with Crippen LogP contribution in [0, 0.1) is 11.8 Å². The van der Waals surface area contributed by atoms with E-state index >= 15 is 0 Å². The van der Waals surface area contributed by atoms with E-state index in [2.05, 4.69) is 12.2 Å². The molecule has 2 unspecified atom stereocenters. The van der Waals surface area contributed by atoms with Gasteiger partial charge in [0.25, 0.3) is 0 Å². The van der Waals surface area contributed by atoms with Crippen LogP contribution in [0.3, 0.4) is 0 Å². The van der Waals surface area contributed by atoms with Crippen LogP contribution in [0.25, 0.3) is 0 Å². The van der Waals surface area contributed by atoms with E-state index in [0.29, 0.717) is 24.3 Å². The largest absolute Gasteiger partial charge is 0.462 e. The molecule has 26 heavy (non-hydrogen) atoms. The number of carbonyl (C=O) groups is 2. The van der Waals surface area contributed by atoms with Crippen LogP contribution in [0.5, 0.6) is 0 Å². The average molecular weight is 350 g/mol. The van der Waals surface area contributed by atoms with Gasteiger partial charge in [0, 0.05) is 11.8 Å². The summed E-state index contributed by atoms with van der Waals surface area (Å²) >= 11 is 0. The number of rotatable bonds is 6. The van der Waals surface area contributed by atoms with Crippen molar-refractivity contribution in [2.45, 2.75) is 12.8 Å². The van der Waals surface area contributed by atoms with Crippen molar-refractivity contribution in [3.8, 4) is 0 Å². The van der Waals surface area contributed by atoms with Gasteiger partial charge in [0.1, 0.15) is 0 Å². The molecule has 0 fully saturated rings. The second kappa shape index (κ2) is 8.99. The maximum absolute atomic E-state index is 12.1. The third-order valence-corrected chi connectivity index (χ3v) is 4.59. The van der Waals surface area contributed by atoms with E-state index in [1.807, 2.05) is 36.4 Å². The first-order valence-electron chi connectivity index (χ1n) is 8.83. The highest BCUT2D eigenvalue weighted by atomic mass is 16.5. The number of esters is 2. The zero-order valence-corrected chi connectivity index (χ0v) is 14.5. The lowest BCUT2D eigenvalue weighted by Crippen LogP contribution is -2.28. The first kappa shape index (κ1) is 17.9. The van der Waals surface area contributed by atoms with Crippen molar-refractivity contribution < 1.29 is 19.1 Å². The second-order valence-electron chi connectivity index (χ2n) is 6.39. The first-order chi connectivity index (χ1) is 12.7. The van der Waals surface area contributed by atoms with Crippen molar-refractivity contribution in [2.75, 3.05) is 13.2 Å². The summed E-state index contributed by atoms with van der Waals surface area (Å²) in [5.74, 6) is -0.340. The Bertz CT molecular complexity index is 687. The molecule has 2 atom stereocenters. The molecule has 0 aromatic heterocycles. The van der Waals surface area contributed by atoms with Crippen molar-refractivity contribution in [1.82, 2.24) is 0 Å². The molecule has 1 aliphatic carbocycles. The van der Waals surface area contributed by atoms with E-state index in [-0.39, 0.29) is 23.8 Å². The van der Waals surface area contributed by atoms with Gasteiger partial charge in [0.15, 0.2) is 0 Å². The van der Waals surface area contributed by atoms with Crippen LogP contribution >= 0.6 is 0 Å². The fourth-order valence-electron chi connectivity index (χ4n) is 3.02. The van der Waals surface area contributed by atoms with Gasteiger partial charge in [0.05, 0.1) is 24.3 Å². The minimum absolute atomic E-state index is 0.149. The maximum Gasteiger partial charge on any atom is 0.338 e. The Morgan fingerprint density at radius 2 is 1.08 bits per heavy atom. The predicted molar refractivity (Wildman–Crippen MR) is 98.8 cm³/mol. The van der Waals surface area contributed by atoms with Crippen molar-refractivity contribution in [3.05, 3.63) is 83.9 Å². The molecular weight excluding hydrogens is 328 g/mol. The van der Waals surface area contributed by atoms with Gasteiger partial charge in [0.2, 0.25) is 0 Å². The van der Waals surface area contributed by atoms with Crippen molar-refractivity contribution in [3.63, 3.8) is 0 Å². The molecule has 0 radical (unpaired) electrons. The highest BCUT2D eigenvalue weighted by molar-refractivity contribution is 5.89. The van der Waals surface area contributed by atoms with Crippen LogP contribution in [-0.2, 0) is 9.47 Å². The lowest BCUT2D eigenvalue weighted by molar-refractivity contribution is 0.0218. The fourth-order valence-corrected chi connectivity index (χ4v) is 3.02. The monoisotopic (exact) mass is 350 g/mol. The lowest BCUT2D eigenvalue weighted by Gasteiger charge is -2.27. The maximum atomic E-state index is 12.1. The number of benzene rings is 2. The highest BCUT2D eigenvalue weighted by Gasteiger charge is 2.25. The van der Waals surface area contributed by atoms with Crippen LogP contribution in [0.4, 0.5) is 0 Å². The molecule has 1 aliphatic rings. The number of ether oxygens (including phenoxy) is 2. The summed E-state index contributed by atoms with van der Waals surface area (Å²) in [4.78, 5) is 24.2. The van der Waals surface area contributed by atoms with Crippen molar-refractivity contribution in [2.24, 2.45) is 11.8 Å². The molecule has 0 amide bonds. The Labute approximate surface area is 153 Å². The molecule has 2 aromatic carbocycles. The molecule has 0 heterocycles. The minimum atomic E-state index is -0.319. The van der Waals surface area contributed by atoms with Crippen molar-refractivity contribution >= 4 is 11.9 Å². The van der Waals surface area contributed by atoms with Gasteiger partial charge in [-0.25, -0.2) is 9.59 Å². The molecule has 4 nitrogen and oxygen atoms in total. The lowest BCUT2D eigenvalue weighted by atomic mass is 9.84. The van der Waals surface area contributed by atoms with Crippen molar-refractivity contribution in [1.29, 1.82) is 0 Å². The van der Waals surface area contributed by atoms with E-state index in [0.717, 1.165) is 12.8 Å². The Kier molecular flexibility index (Phi) is 6.20. The molecule has 134 valence electrons. The summed E-state index contributed by atoms with van der Waals surface area (Å²) < 4.78 is 11.0. The number of carbonyl (C=O) groups excluding carboxylic acids is 2. The van der Waals surface area contributed by atoms with E-state index in [1.165, 1.54) is 0 Å². The van der Waals surface area contributed by atoms with E-state index in [4.69, 9.17) is 9.47 Å². The first-order valence-corrected chi connectivity index (χ1v) is 8.83. The van der Waals surface area contributed by atoms with Gasteiger partial charge < -0.3 is 9.47 Å². The van der Waals surface area contributed by atoms with Gasteiger partial charge in [-0.05, 0) is 37.1 Å². The molecule has 2 aromatic rings. The second-order valence-corrected chi connectivity index (χ2v) is 6.39. The predicted octanol–water partition coefficient (Wildman–Crippen LogP) is 4.28. The normalized spacial score (nSPS) is 18.9. The standard InChI is InChI=1S/C22H22O4/c23-21(17-9-3-1-4-10-17)25-15-19-13-7-8-14-20(19)16-26-22(24)18-11-5-2-6-12-18/h1-12,19-20H,13-16H2. The Balaban J connectivity index is 1.52. The number of hydrogen-bond acceptors (Lipinski definition) is 4. The van der Waals surface area contributed by atoms with Crippen LogP contribution in [0.2, 0.25) is 0 Å². The van der Waals surface area contributed by atoms with E-state index in [1.54, 1.807) is 24.3 Å². The Morgan fingerprint density at radius 1 is 0.692 bits per heavy atom. The van der Waals surface area contributed by atoms with E-state index < -0.39 is 0 Å². The summed E-state index contributed by atoms with van der Waals surface area (Å²) in [6, 6.07) is 17.9. The van der Waals surface area contributed by atoms with Crippen LogP contribution in [0.1, 0.15) is 33.6 Å². The number of hydrogen-bond donors (Lipinski definition) is 0. The van der Waals surface area contributed by atoms with Gasteiger partial charge in [-0.1, -0.05) is 48.6 Å². The van der Waals surface area contributed by atoms with Gasteiger partial charge in [-0.2, -0.15) is 0 Å². The summed E-state index contributed by atoms with van der Waals surface area (Å²) in [7, 11) is 0. The zero-order chi connectivity index (χ0) is 18.2. The minimum Gasteiger partial charge on any atom is -0.462 e. The molecule has 0 saturated heterocycles. The molecule has 4 heteroatoms. The third-order valence-electron chi connectivity index (χ3n) is 4.59. The van der Waals surface area contributed by atoms with Crippen LogP contribution in [0.15, 0.2) is 72.8 Å². The summed E-state index contributed by atoms with van der Waals surface area (Å²) in [6.07, 6.45) is 5.82. The summed E-state index contributed by atoms with van der Waals surface area (Å²) in [5, 5.41) is 0. The molecule has 0 spiro atoms. The van der Waals surface area contributed by atoms with Gasteiger partial charge >= 0.3 is 11.9 Å². The SMILES string of the molecule is O=C(OCC1CC=CCC1COC(=O)c1ccccc1)c1ccccc1. The Morgan fingerprint density at radius 3 is 1.46 bits per heavy atom. The van der Waals surface area contributed by atoms with Crippen LogP contribution < -0.4 is 0 Å². The quantitative estimate of drug-likeness (QED) is 0.576. The molecule has 0 aliphatic heterocycles. The highest BCUT2D eigenvalue weighted by Crippen LogP contribution is 2.27. The molecule has 0 saturated carbocycles. The number of allylic oxidation sites excluding steroid dienone is 2. The van der Waals surface area contributed by atoms with Gasteiger partial charge in [-0.15, -0.1) is 0 Å².